The topological polar surface area (TPSA) is 214 Å². The van der Waals surface area contributed by atoms with Gasteiger partial charge in [-0.3, -0.25) is 4.79 Å². The minimum absolute atomic E-state index is 0.0394. The summed E-state index contributed by atoms with van der Waals surface area (Å²) in [5, 5.41) is 72.2. The Labute approximate surface area is 427 Å². The van der Waals surface area contributed by atoms with E-state index in [1.807, 2.05) is 0 Å². The summed E-state index contributed by atoms with van der Waals surface area (Å²) in [7, 11) is 0. The first-order chi connectivity index (χ1) is 34.6. The number of hydrogen-bond donors (Lipinski definition) is 7. The van der Waals surface area contributed by atoms with Gasteiger partial charge in [0.15, 0.2) is 12.6 Å². The number of aliphatic hydroxyl groups is 7. The third-order valence-electron chi connectivity index (χ3n) is 12.4. The summed E-state index contributed by atoms with van der Waals surface area (Å²) in [5.74, 6) is -0.406. The molecule has 71 heavy (non-hydrogen) atoms. The van der Waals surface area contributed by atoms with E-state index in [2.05, 4.69) is 98.9 Å². The van der Waals surface area contributed by atoms with Crippen LogP contribution in [0, 0.1) is 0 Å². The van der Waals surface area contributed by atoms with E-state index in [-0.39, 0.29) is 19.6 Å². The van der Waals surface area contributed by atoms with E-state index in [9.17, 15) is 40.5 Å². The maximum absolute atomic E-state index is 13.0. The van der Waals surface area contributed by atoms with E-state index in [1.54, 1.807) is 0 Å². The van der Waals surface area contributed by atoms with Crippen LogP contribution in [0.1, 0.15) is 168 Å². The molecule has 14 heteroatoms. The highest BCUT2D eigenvalue weighted by atomic mass is 16.7. The molecule has 2 aliphatic rings. The van der Waals surface area contributed by atoms with Gasteiger partial charge in [-0.1, -0.05) is 157 Å². The first-order valence-corrected chi connectivity index (χ1v) is 27.2. The Morgan fingerprint density at radius 2 is 0.915 bits per heavy atom. The number of hydrogen-bond acceptors (Lipinski definition) is 14. The highest BCUT2D eigenvalue weighted by Gasteiger charge is 2.47. The smallest absolute Gasteiger partial charge is 0.306 e. The van der Waals surface area contributed by atoms with Crippen molar-refractivity contribution in [3.8, 4) is 0 Å². The predicted molar refractivity (Wildman–Crippen MR) is 279 cm³/mol. The van der Waals surface area contributed by atoms with Gasteiger partial charge in [0.05, 0.1) is 26.4 Å². The second kappa shape index (κ2) is 43.6. The second-order valence-electron chi connectivity index (χ2n) is 18.7. The van der Waals surface area contributed by atoms with Crippen molar-refractivity contribution < 1.29 is 69.0 Å². The molecule has 0 radical (unpaired) electrons. The standard InChI is InChI=1S/C57H96O14/c1-3-5-7-9-11-13-15-17-19-21-22-23-25-27-29-31-33-35-37-39-41-66-43-46(69-49(59)40-38-36-34-32-30-28-26-24-20-18-16-14-12-10-8-6-4-2)44-67-56-55(65)53(63)51(61)48(71-56)45-68-57-54(64)52(62)50(60)47(42-58)70-57/h6,8,11-14,17-20,22-23,26,28,46-48,50-58,60-65H,3-5,7,9-10,15-16,21,24-25,27,29-45H2,1-2H3/b8-6-,13-11-,14-12-,19-17-,20-18-,23-22-,28-26-. The molecule has 2 saturated heterocycles. The molecule has 408 valence electrons. The molecule has 0 bridgehead atoms. The van der Waals surface area contributed by atoms with E-state index >= 15 is 0 Å². The number of esters is 1. The van der Waals surface area contributed by atoms with Gasteiger partial charge in [0.1, 0.15) is 54.9 Å². The van der Waals surface area contributed by atoms with E-state index in [1.165, 1.54) is 44.9 Å². The van der Waals surface area contributed by atoms with Gasteiger partial charge in [-0.2, -0.15) is 0 Å². The van der Waals surface area contributed by atoms with E-state index < -0.39 is 86.7 Å². The van der Waals surface area contributed by atoms with Crippen LogP contribution in [0.15, 0.2) is 85.1 Å². The van der Waals surface area contributed by atoms with E-state index in [0.29, 0.717) is 13.0 Å². The lowest BCUT2D eigenvalue weighted by molar-refractivity contribution is -0.332. The molecule has 0 amide bonds. The van der Waals surface area contributed by atoms with Crippen LogP contribution >= 0.6 is 0 Å². The van der Waals surface area contributed by atoms with Gasteiger partial charge in [0.2, 0.25) is 0 Å². The third-order valence-corrected chi connectivity index (χ3v) is 12.4. The quantitative estimate of drug-likeness (QED) is 0.0173. The number of rotatable bonds is 42. The van der Waals surface area contributed by atoms with Gasteiger partial charge >= 0.3 is 5.97 Å². The molecule has 14 nitrogen and oxygen atoms in total. The van der Waals surface area contributed by atoms with Crippen LogP contribution in [0.4, 0.5) is 0 Å². The van der Waals surface area contributed by atoms with E-state index in [4.69, 9.17) is 28.4 Å². The maximum Gasteiger partial charge on any atom is 0.306 e. The molecule has 2 rings (SSSR count). The maximum atomic E-state index is 13.0. The Kier molecular flexibility index (Phi) is 39.4. The molecular weight excluding hydrogens is 909 g/mol. The van der Waals surface area contributed by atoms with Crippen molar-refractivity contribution in [3.63, 3.8) is 0 Å². The number of carbonyl (C=O) groups is 1. The fraction of sp³-hybridized carbons (Fsp3) is 0.737. The van der Waals surface area contributed by atoms with Gasteiger partial charge in [0, 0.05) is 13.0 Å². The number of ether oxygens (including phenoxy) is 6. The fourth-order valence-corrected chi connectivity index (χ4v) is 7.99. The van der Waals surface area contributed by atoms with Crippen molar-refractivity contribution in [2.24, 2.45) is 0 Å². The number of carbonyl (C=O) groups excluding carboxylic acids is 1. The fourth-order valence-electron chi connectivity index (χ4n) is 7.99. The lowest BCUT2D eigenvalue weighted by Gasteiger charge is -2.42. The molecule has 2 aliphatic heterocycles. The molecule has 0 aromatic heterocycles. The summed E-state index contributed by atoms with van der Waals surface area (Å²) in [6, 6.07) is 0. The molecule has 11 unspecified atom stereocenters. The highest BCUT2D eigenvalue weighted by molar-refractivity contribution is 5.69. The van der Waals surface area contributed by atoms with Crippen LogP contribution in [0.25, 0.3) is 0 Å². The molecule has 0 spiro atoms. The van der Waals surface area contributed by atoms with Crippen LogP contribution in [0.2, 0.25) is 0 Å². The molecule has 2 heterocycles. The monoisotopic (exact) mass is 1000 g/mol. The molecule has 11 atom stereocenters. The van der Waals surface area contributed by atoms with Crippen molar-refractivity contribution in [1.29, 1.82) is 0 Å². The minimum atomic E-state index is -1.72. The van der Waals surface area contributed by atoms with Crippen molar-refractivity contribution in [2.75, 3.05) is 33.0 Å². The Morgan fingerprint density at radius 3 is 1.44 bits per heavy atom. The largest absolute Gasteiger partial charge is 0.457 e. The summed E-state index contributed by atoms with van der Waals surface area (Å²) in [6.45, 7) is 3.47. The second-order valence-corrected chi connectivity index (χ2v) is 18.7. The van der Waals surface area contributed by atoms with Crippen LogP contribution in [0.5, 0.6) is 0 Å². The van der Waals surface area contributed by atoms with Gasteiger partial charge in [0.25, 0.3) is 0 Å². The summed E-state index contributed by atoms with van der Waals surface area (Å²) in [4.78, 5) is 13.0. The zero-order valence-corrected chi connectivity index (χ0v) is 43.4. The van der Waals surface area contributed by atoms with Crippen molar-refractivity contribution in [3.05, 3.63) is 85.1 Å². The van der Waals surface area contributed by atoms with Crippen LogP contribution in [-0.4, -0.2) is 142 Å². The van der Waals surface area contributed by atoms with Crippen LogP contribution in [-0.2, 0) is 33.2 Å². The van der Waals surface area contributed by atoms with Crippen LogP contribution < -0.4 is 0 Å². The number of allylic oxidation sites excluding steroid dienone is 14. The lowest BCUT2D eigenvalue weighted by atomic mass is 9.98. The SMILES string of the molecule is CC/C=C\C/C=C\C/C=C\C/C=C\CCCCCCC(=O)OC(COCCCCCCCCC/C=C\C/C=C\C/C=C\CCCCC)COC1OC(COC2OC(CO)C(O)C(O)C2O)C(O)C(O)C1O. The zero-order chi connectivity index (χ0) is 51.6. The number of unbranched alkanes of at least 4 members (excludes halogenated alkanes) is 14. The normalized spacial score (nSPS) is 26.0. The average Bonchev–Trinajstić information content (AvgIpc) is 3.37. The molecule has 0 aliphatic carbocycles. The molecular formula is C57H96O14. The average molecular weight is 1010 g/mol. The summed E-state index contributed by atoms with van der Waals surface area (Å²) < 4.78 is 34.3. The zero-order valence-electron chi connectivity index (χ0n) is 43.4. The van der Waals surface area contributed by atoms with Gasteiger partial charge in [-0.15, -0.1) is 0 Å². The Morgan fingerprint density at radius 1 is 0.479 bits per heavy atom. The molecule has 7 N–H and O–H groups in total. The van der Waals surface area contributed by atoms with Gasteiger partial charge in [-0.05, 0) is 89.9 Å². The van der Waals surface area contributed by atoms with Crippen molar-refractivity contribution in [2.45, 2.75) is 235 Å². The first-order valence-electron chi connectivity index (χ1n) is 27.2. The molecule has 2 fully saturated rings. The Balaban J connectivity index is 1.77. The van der Waals surface area contributed by atoms with Crippen molar-refractivity contribution >= 4 is 5.97 Å². The number of aliphatic hydroxyl groups excluding tert-OH is 7. The molecule has 0 saturated carbocycles. The summed E-state index contributed by atoms with van der Waals surface area (Å²) >= 11 is 0. The minimum Gasteiger partial charge on any atom is -0.457 e. The summed E-state index contributed by atoms with van der Waals surface area (Å²) in [5.41, 5.74) is 0. The predicted octanol–water partition coefficient (Wildman–Crippen LogP) is 8.85. The van der Waals surface area contributed by atoms with Gasteiger partial charge in [-0.25, -0.2) is 0 Å². The third kappa shape index (κ3) is 30.8. The van der Waals surface area contributed by atoms with Crippen molar-refractivity contribution in [1.82, 2.24) is 0 Å². The lowest BCUT2D eigenvalue weighted by Crippen LogP contribution is -2.61. The molecule has 0 aromatic rings. The van der Waals surface area contributed by atoms with E-state index in [0.717, 1.165) is 96.3 Å². The van der Waals surface area contributed by atoms with Gasteiger partial charge < -0.3 is 64.2 Å². The highest BCUT2D eigenvalue weighted by Crippen LogP contribution is 2.26. The summed E-state index contributed by atoms with van der Waals surface area (Å²) in [6.07, 6.45) is 39.2. The molecule has 0 aromatic carbocycles. The first kappa shape index (κ1) is 64.3. The Hall–Kier alpha value is -2.83. The van der Waals surface area contributed by atoms with Crippen LogP contribution in [0.3, 0.4) is 0 Å². The Bertz CT molecular complexity index is 1490.